The molecular weight excluding hydrogens is 253 g/mol. The minimum Gasteiger partial charge on any atom is -0.479 e. The Hall–Kier alpha value is -2.11. The monoisotopic (exact) mass is 267 g/mol. The lowest BCUT2D eigenvalue weighted by Gasteiger charge is -2.33. The van der Waals surface area contributed by atoms with Crippen LogP contribution in [0.5, 0.6) is 0 Å². The molecule has 1 N–H and O–H groups in total. The molecule has 1 aromatic carbocycles. The van der Waals surface area contributed by atoms with Crippen LogP contribution in [0.15, 0.2) is 18.2 Å². The molecule has 5 nitrogen and oxygen atoms in total. The number of ether oxygens (including phenoxy) is 1. The van der Waals surface area contributed by atoms with Gasteiger partial charge >= 0.3 is 12.1 Å². The summed E-state index contributed by atoms with van der Waals surface area (Å²) in [4.78, 5) is 24.3. The molecule has 2 rings (SSSR count). The van der Waals surface area contributed by atoms with Gasteiger partial charge in [0.2, 0.25) is 0 Å². The molecule has 0 aliphatic carbocycles. The Morgan fingerprint density at radius 3 is 2.89 bits per heavy atom. The SMILES string of the molecule is CCOC(=O)N1CCc2cc(F)ccc2C1C(=O)O. The van der Waals surface area contributed by atoms with Crippen LogP contribution in [0.2, 0.25) is 0 Å². The van der Waals surface area contributed by atoms with Crippen molar-refractivity contribution in [1.82, 2.24) is 4.90 Å². The van der Waals surface area contributed by atoms with Gasteiger partial charge in [-0.1, -0.05) is 6.07 Å². The molecule has 0 fully saturated rings. The van der Waals surface area contributed by atoms with Crippen molar-refractivity contribution in [3.63, 3.8) is 0 Å². The molecule has 1 atom stereocenters. The van der Waals surface area contributed by atoms with Gasteiger partial charge in [-0.15, -0.1) is 0 Å². The molecule has 1 aromatic rings. The Bertz CT molecular complexity index is 517. The van der Waals surface area contributed by atoms with Gasteiger partial charge in [0.1, 0.15) is 5.82 Å². The largest absolute Gasteiger partial charge is 0.479 e. The normalized spacial score (nSPS) is 17.8. The summed E-state index contributed by atoms with van der Waals surface area (Å²) < 4.78 is 18.0. The summed E-state index contributed by atoms with van der Waals surface area (Å²) in [6.45, 7) is 2.03. The Labute approximate surface area is 109 Å². The molecule has 0 saturated heterocycles. The van der Waals surface area contributed by atoms with E-state index in [0.29, 0.717) is 17.5 Å². The van der Waals surface area contributed by atoms with E-state index < -0.39 is 23.9 Å². The van der Waals surface area contributed by atoms with Crippen LogP contribution in [0.25, 0.3) is 0 Å². The van der Waals surface area contributed by atoms with Crippen LogP contribution in [0.4, 0.5) is 9.18 Å². The predicted octanol–water partition coefficient (Wildman–Crippen LogP) is 1.97. The fraction of sp³-hybridized carbons (Fsp3) is 0.385. The number of carbonyl (C=O) groups excluding carboxylic acids is 1. The lowest BCUT2D eigenvalue weighted by Crippen LogP contribution is -2.43. The first-order chi connectivity index (χ1) is 9.04. The molecule has 0 spiro atoms. The van der Waals surface area contributed by atoms with Crippen LogP contribution >= 0.6 is 0 Å². The van der Waals surface area contributed by atoms with Gasteiger partial charge in [-0.2, -0.15) is 0 Å². The minimum absolute atomic E-state index is 0.179. The molecule has 0 bridgehead atoms. The quantitative estimate of drug-likeness (QED) is 0.889. The number of benzene rings is 1. The van der Waals surface area contributed by atoms with Crippen molar-refractivity contribution in [3.8, 4) is 0 Å². The summed E-state index contributed by atoms with van der Waals surface area (Å²) in [5.74, 6) is -1.56. The average Bonchev–Trinajstić information content (AvgIpc) is 2.37. The second-order valence-electron chi connectivity index (χ2n) is 4.23. The topological polar surface area (TPSA) is 66.8 Å². The standard InChI is InChI=1S/C13H14FNO4/c1-2-19-13(18)15-6-5-8-7-9(14)3-4-10(8)11(15)12(16)17/h3-4,7,11H,2,5-6H2,1H3,(H,16,17). The maximum Gasteiger partial charge on any atom is 0.410 e. The smallest absolute Gasteiger partial charge is 0.410 e. The number of nitrogens with zero attached hydrogens (tertiary/aromatic N) is 1. The Balaban J connectivity index is 2.38. The van der Waals surface area contributed by atoms with Gasteiger partial charge in [0.25, 0.3) is 0 Å². The number of halogens is 1. The zero-order valence-electron chi connectivity index (χ0n) is 10.4. The maximum atomic E-state index is 13.1. The highest BCUT2D eigenvalue weighted by Crippen LogP contribution is 2.31. The van der Waals surface area contributed by atoms with E-state index in [1.165, 1.54) is 18.2 Å². The van der Waals surface area contributed by atoms with E-state index in [1.54, 1.807) is 6.92 Å². The molecule has 0 radical (unpaired) electrons. The van der Waals surface area contributed by atoms with Gasteiger partial charge in [0, 0.05) is 6.54 Å². The summed E-state index contributed by atoms with van der Waals surface area (Å²) in [7, 11) is 0. The molecule has 0 aromatic heterocycles. The third-order valence-electron chi connectivity index (χ3n) is 3.07. The molecule has 1 heterocycles. The molecule has 1 aliphatic rings. The van der Waals surface area contributed by atoms with Crippen LogP contribution in [-0.4, -0.2) is 35.2 Å². The third kappa shape index (κ3) is 2.52. The van der Waals surface area contributed by atoms with Crippen molar-refractivity contribution in [2.24, 2.45) is 0 Å². The highest BCUT2D eigenvalue weighted by Gasteiger charge is 2.36. The van der Waals surface area contributed by atoms with Gasteiger partial charge in [-0.25, -0.2) is 14.0 Å². The summed E-state index contributed by atoms with van der Waals surface area (Å²) in [5.41, 5.74) is 1.06. The number of amides is 1. The zero-order valence-corrected chi connectivity index (χ0v) is 10.4. The number of carboxylic acid groups (broad SMARTS) is 1. The first kappa shape index (κ1) is 13.3. The van der Waals surface area contributed by atoms with Crippen LogP contribution in [0, 0.1) is 5.82 Å². The number of carboxylic acids is 1. The Morgan fingerprint density at radius 1 is 1.53 bits per heavy atom. The van der Waals surface area contributed by atoms with Gasteiger partial charge in [-0.05, 0) is 36.6 Å². The van der Waals surface area contributed by atoms with E-state index in [9.17, 15) is 19.1 Å². The van der Waals surface area contributed by atoms with Crippen molar-refractivity contribution >= 4 is 12.1 Å². The van der Waals surface area contributed by atoms with Crippen molar-refractivity contribution < 1.29 is 23.8 Å². The minimum atomic E-state index is -1.15. The Morgan fingerprint density at radius 2 is 2.26 bits per heavy atom. The molecule has 0 saturated carbocycles. The van der Waals surface area contributed by atoms with E-state index in [-0.39, 0.29) is 13.2 Å². The molecule has 102 valence electrons. The predicted molar refractivity (Wildman–Crippen MR) is 64.2 cm³/mol. The van der Waals surface area contributed by atoms with Gasteiger partial charge in [0.15, 0.2) is 6.04 Å². The highest BCUT2D eigenvalue weighted by atomic mass is 19.1. The molecular formula is C13H14FNO4. The van der Waals surface area contributed by atoms with E-state index in [1.807, 2.05) is 0 Å². The summed E-state index contributed by atoms with van der Waals surface area (Å²) in [5, 5.41) is 9.30. The number of rotatable bonds is 2. The van der Waals surface area contributed by atoms with Crippen LogP contribution in [-0.2, 0) is 16.0 Å². The van der Waals surface area contributed by atoms with Crippen LogP contribution in [0.3, 0.4) is 0 Å². The van der Waals surface area contributed by atoms with Gasteiger partial charge in [0.05, 0.1) is 6.61 Å². The van der Waals surface area contributed by atoms with Crippen LogP contribution < -0.4 is 0 Å². The summed E-state index contributed by atoms with van der Waals surface area (Å²) in [6.07, 6.45) is -0.250. The van der Waals surface area contributed by atoms with E-state index in [4.69, 9.17) is 4.74 Å². The molecule has 19 heavy (non-hydrogen) atoms. The number of carbonyl (C=O) groups is 2. The second-order valence-corrected chi connectivity index (χ2v) is 4.23. The summed E-state index contributed by atoms with van der Waals surface area (Å²) in [6, 6.07) is 2.80. The third-order valence-corrected chi connectivity index (χ3v) is 3.07. The number of hydrogen-bond acceptors (Lipinski definition) is 3. The zero-order chi connectivity index (χ0) is 14.0. The molecule has 1 amide bonds. The van der Waals surface area contributed by atoms with E-state index >= 15 is 0 Å². The first-order valence-electron chi connectivity index (χ1n) is 5.99. The first-order valence-corrected chi connectivity index (χ1v) is 5.99. The number of fused-ring (bicyclic) bond motifs is 1. The molecule has 6 heteroatoms. The van der Waals surface area contributed by atoms with E-state index in [0.717, 1.165) is 4.90 Å². The maximum absolute atomic E-state index is 13.1. The van der Waals surface area contributed by atoms with Crippen LogP contribution in [0.1, 0.15) is 24.1 Å². The Kier molecular flexibility index (Phi) is 3.69. The van der Waals surface area contributed by atoms with Crippen molar-refractivity contribution in [3.05, 3.63) is 35.1 Å². The molecule has 1 aliphatic heterocycles. The fourth-order valence-electron chi connectivity index (χ4n) is 2.26. The number of hydrogen-bond donors (Lipinski definition) is 1. The van der Waals surface area contributed by atoms with E-state index in [2.05, 4.69) is 0 Å². The number of aliphatic carboxylic acids is 1. The average molecular weight is 267 g/mol. The van der Waals surface area contributed by atoms with Crippen molar-refractivity contribution in [2.75, 3.05) is 13.2 Å². The van der Waals surface area contributed by atoms with Gasteiger partial charge in [-0.3, -0.25) is 4.90 Å². The lowest BCUT2D eigenvalue weighted by molar-refractivity contribution is -0.143. The lowest BCUT2D eigenvalue weighted by atomic mass is 9.93. The molecule has 1 unspecified atom stereocenters. The highest BCUT2D eigenvalue weighted by molar-refractivity contribution is 5.82. The van der Waals surface area contributed by atoms with Crippen molar-refractivity contribution in [1.29, 1.82) is 0 Å². The van der Waals surface area contributed by atoms with Gasteiger partial charge < -0.3 is 9.84 Å². The van der Waals surface area contributed by atoms with Crippen molar-refractivity contribution in [2.45, 2.75) is 19.4 Å². The second kappa shape index (κ2) is 5.26. The summed E-state index contributed by atoms with van der Waals surface area (Å²) >= 11 is 0. The fourth-order valence-corrected chi connectivity index (χ4v) is 2.26.